The second kappa shape index (κ2) is 9.99. The van der Waals surface area contributed by atoms with Crippen LogP contribution in [0.3, 0.4) is 0 Å². The first kappa shape index (κ1) is 22.2. The fourth-order valence-corrected chi connectivity index (χ4v) is 3.88. The van der Waals surface area contributed by atoms with Crippen LogP contribution < -0.4 is 19.5 Å². The van der Waals surface area contributed by atoms with E-state index in [9.17, 15) is 13.2 Å². The molecule has 0 aliphatic carbocycles. The summed E-state index contributed by atoms with van der Waals surface area (Å²) >= 11 is 0. The molecule has 3 aromatic carbocycles. The molecule has 3 aromatic rings. The third-order valence-corrected chi connectivity index (χ3v) is 5.84. The van der Waals surface area contributed by atoms with Gasteiger partial charge in [0.15, 0.2) is 6.10 Å². The van der Waals surface area contributed by atoms with Crippen molar-refractivity contribution in [1.82, 2.24) is 0 Å². The molecule has 0 heterocycles. The van der Waals surface area contributed by atoms with Crippen molar-refractivity contribution >= 4 is 27.3 Å². The number of rotatable bonds is 9. The van der Waals surface area contributed by atoms with Crippen LogP contribution >= 0.6 is 0 Å². The Kier molecular flexibility index (Phi) is 7.15. The molecule has 3 rings (SSSR count). The predicted molar refractivity (Wildman–Crippen MR) is 120 cm³/mol. The summed E-state index contributed by atoms with van der Waals surface area (Å²) in [7, 11) is -2.28. The van der Waals surface area contributed by atoms with E-state index in [0.29, 0.717) is 29.3 Å². The lowest BCUT2D eigenvalue weighted by atomic mass is 10.2. The van der Waals surface area contributed by atoms with Gasteiger partial charge in [-0.2, -0.15) is 0 Å². The number of methoxy groups -OCH3 is 1. The number of benzene rings is 3. The lowest BCUT2D eigenvalue weighted by molar-refractivity contribution is -0.122. The highest BCUT2D eigenvalue weighted by molar-refractivity contribution is 7.92. The quantitative estimate of drug-likeness (QED) is 0.518. The maximum absolute atomic E-state index is 12.6. The monoisotopic (exact) mass is 440 g/mol. The molecule has 2 N–H and O–H groups in total. The molecule has 7 nitrogen and oxygen atoms in total. The van der Waals surface area contributed by atoms with Crippen molar-refractivity contribution in [3.05, 3.63) is 78.9 Å². The Morgan fingerprint density at radius 2 is 1.58 bits per heavy atom. The first-order chi connectivity index (χ1) is 14.9. The Balaban J connectivity index is 1.66. The van der Waals surface area contributed by atoms with E-state index in [1.165, 1.54) is 31.4 Å². The maximum atomic E-state index is 12.6. The van der Waals surface area contributed by atoms with Gasteiger partial charge in [-0.1, -0.05) is 31.2 Å². The summed E-state index contributed by atoms with van der Waals surface area (Å²) in [5.41, 5.74) is 0.862. The molecule has 0 aliphatic rings. The average molecular weight is 441 g/mol. The van der Waals surface area contributed by atoms with Gasteiger partial charge in [-0.25, -0.2) is 8.42 Å². The predicted octanol–water partition coefficient (Wildman–Crippen LogP) is 4.29. The summed E-state index contributed by atoms with van der Waals surface area (Å²) in [6, 6.07) is 21.7. The van der Waals surface area contributed by atoms with Crippen LogP contribution in [0.5, 0.6) is 11.5 Å². The average Bonchev–Trinajstić information content (AvgIpc) is 2.78. The number of hydrogen-bond acceptors (Lipinski definition) is 5. The van der Waals surface area contributed by atoms with Crippen LogP contribution in [0.2, 0.25) is 0 Å². The minimum atomic E-state index is -3.79. The molecule has 0 bridgehead atoms. The van der Waals surface area contributed by atoms with Crippen molar-refractivity contribution < 1.29 is 22.7 Å². The van der Waals surface area contributed by atoms with Crippen LogP contribution in [0, 0.1) is 0 Å². The van der Waals surface area contributed by atoms with E-state index < -0.39 is 16.1 Å². The van der Waals surface area contributed by atoms with E-state index in [1.54, 1.807) is 36.4 Å². The van der Waals surface area contributed by atoms with E-state index in [2.05, 4.69) is 10.0 Å². The molecule has 0 saturated heterocycles. The van der Waals surface area contributed by atoms with E-state index in [1.807, 2.05) is 25.1 Å². The Bertz CT molecular complexity index is 1120. The first-order valence-electron chi connectivity index (χ1n) is 9.71. The maximum Gasteiger partial charge on any atom is 0.265 e. The second-order valence-electron chi connectivity index (χ2n) is 6.68. The molecular weight excluding hydrogens is 416 g/mol. The zero-order valence-corrected chi connectivity index (χ0v) is 18.1. The van der Waals surface area contributed by atoms with Gasteiger partial charge in [-0.05, 0) is 55.0 Å². The third-order valence-electron chi connectivity index (χ3n) is 4.44. The van der Waals surface area contributed by atoms with Crippen molar-refractivity contribution in [2.75, 3.05) is 17.1 Å². The van der Waals surface area contributed by atoms with E-state index in [4.69, 9.17) is 9.47 Å². The molecule has 0 fully saturated rings. The lowest BCUT2D eigenvalue weighted by Gasteiger charge is -2.17. The summed E-state index contributed by atoms with van der Waals surface area (Å²) in [5, 5.41) is 2.76. The van der Waals surface area contributed by atoms with Crippen molar-refractivity contribution in [1.29, 1.82) is 0 Å². The van der Waals surface area contributed by atoms with Crippen LogP contribution in [0.4, 0.5) is 11.4 Å². The Morgan fingerprint density at radius 1 is 0.903 bits per heavy atom. The molecule has 31 heavy (non-hydrogen) atoms. The highest BCUT2D eigenvalue weighted by Crippen LogP contribution is 2.22. The number of amides is 1. The summed E-state index contributed by atoms with van der Waals surface area (Å²) in [5.74, 6) is 0.840. The van der Waals surface area contributed by atoms with Crippen molar-refractivity contribution in [2.24, 2.45) is 0 Å². The summed E-state index contributed by atoms with van der Waals surface area (Å²) in [6.45, 7) is 1.85. The number of carbonyl (C=O) groups is 1. The molecule has 0 spiro atoms. The number of anilines is 2. The standard InChI is InChI=1S/C23H24N2O5S/c1-3-22(30-19-9-5-4-6-10-19)23(26)24-17-12-14-21(15-13-17)31(27,28)25-18-8-7-11-20(16-18)29-2/h4-16,22,25H,3H2,1-2H3,(H,24,26)/t22-/m0/s1. The molecule has 1 atom stereocenters. The van der Waals surface area contributed by atoms with Gasteiger partial charge in [0.25, 0.3) is 15.9 Å². The van der Waals surface area contributed by atoms with Crippen LogP contribution in [-0.2, 0) is 14.8 Å². The van der Waals surface area contributed by atoms with Gasteiger partial charge in [0, 0.05) is 11.8 Å². The molecule has 1 amide bonds. The number of ether oxygens (including phenoxy) is 2. The van der Waals surface area contributed by atoms with E-state index in [-0.39, 0.29) is 10.8 Å². The van der Waals surface area contributed by atoms with Crippen molar-refractivity contribution in [3.8, 4) is 11.5 Å². The highest BCUT2D eigenvalue weighted by Gasteiger charge is 2.19. The number of sulfonamides is 1. The summed E-state index contributed by atoms with van der Waals surface area (Å²) in [4.78, 5) is 12.6. The van der Waals surface area contributed by atoms with Crippen LogP contribution in [0.1, 0.15) is 13.3 Å². The van der Waals surface area contributed by atoms with Gasteiger partial charge in [-0.15, -0.1) is 0 Å². The molecule has 0 aromatic heterocycles. The summed E-state index contributed by atoms with van der Waals surface area (Å²) in [6.07, 6.45) is -0.182. The van der Waals surface area contributed by atoms with Crippen LogP contribution in [0.15, 0.2) is 83.8 Å². The zero-order chi connectivity index (χ0) is 22.3. The highest BCUT2D eigenvalue weighted by atomic mass is 32.2. The summed E-state index contributed by atoms with van der Waals surface area (Å²) < 4.78 is 38.6. The van der Waals surface area contributed by atoms with E-state index in [0.717, 1.165) is 0 Å². The van der Waals surface area contributed by atoms with Crippen LogP contribution in [-0.4, -0.2) is 27.5 Å². The fourth-order valence-electron chi connectivity index (χ4n) is 2.83. The molecule has 0 saturated carbocycles. The van der Waals surface area contributed by atoms with Gasteiger partial charge in [0.1, 0.15) is 11.5 Å². The van der Waals surface area contributed by atoms with Gasteiger partial charge < -0.3 is 14.8 Å². The minimum Gasteiger partial charge on any atom is -0.497 e. The molecule has 0 unspecified atom stereocenters. The molecule has 162 valence electrons. The Hall–Kier alpha value is -3.52. The normalized spacial score (nSPS) is 11.9. The smallest absolute Gasteiger partial charge is 0.265 e. The largest absolute Gasteiger partial charge is 0.497 e. The lowest BCUT2D eigenvalue weighted by Crippen LogP contribution is -2.32. The van der Waals surface area contributed by atoms with Crippen LogP contribution in [0.25, 0.3) is 0 Å². The van der Waals surface area contributed by atoms with Crippen molar-refractivity contribution in [3.63, 3.8) is 0 Å². The number of para-hydroxylation sites is 1. The Labute approximate surface area is 182 Å². The number of carbonyl (C=O) groups excluding carboxylic acids is 1. The molecule has 0 aliphatic heterocycles. The van der Waals surface area contributed by atoms with Gasteiger partial charge in [-0.3, -0.25) is 9.52 Å². The third kappa shape index (κ3) is 5.99. The topological polar surface area (TPSA) is 93.7 Å². The fraction of sp³-hybridized carbons (Fsp3) is 0.174. The van der Waals surface area contributed by atoms with Gasteiger partial charge >= 0.3 is 0 Å². The molecule has 0 radical (unpaired) electrons. The second-order valence-corrected chi connectivity index (χ2v) is 8.36. The van der Waals surface area contributed by atoms with Crippen molar-refractivity contribution in [2.45, 2.75) is 24.3 Å². The molecular formula is C23H24N2O5S. The van der Waals surface area contributed by atoms with Gasteiger partial charge in [0.2, 0.25) is 0 Å². The SMILES string of the molecule is CC[C@H](Oc1ccccc1)C(=O)Nc1ccc(S(=O)(=O)Nc2cccc(OC)c2)cc1. The van der Waals surface area contributed by atoms with E-state index >= 15 is 0 Å². The van der Waals surface area contributed by atoms with Gasteiger partial charge in [0.05, 0.1) is 17.7 Å². The zero-order valence-electron chi connectivity index (χ0n) is 17.2. The first-order valence-corrected chi connectivity index (χ1v) is 11.2. The minimum absolute atomic E-state index is 0.0703. The molecule has 8 heteroatoms. The number of nitrogens with one attached hydrogen (secondary N) is 2. The number of hydrogen-bond donors (Lipinski definition) is 2. The Morgan fingerprint density at radius 3 is 2.23 bits per heavy atom.